The van der Waals surface area contributed by atoms with Crippen molar-refractivity contribution >= 4 is 16.9 Å². The molecule has 0 saturated heterocycles. The smallest absolute Gasteiger partial charge is 0.226 e. The van der Waals surface area contributed by atoms with Gasteiger partial charge in [-0.3, -0.25) is 4.79 Å². The first kappa shape index (κ1) is 19.4. The molecule has 4 heteroatoms. The topological polar surface area (TPSA) is 62.5 Å². The Labute approximate surface area is 177 Å². The van der Waals surface area contributed by atoms with Gasteiger partial charge in [-0.25, -0.2) is 0 Å². The van der Waals surface area contributed by atoms with Crippen LogP contribution in [0, 0.1) is 11.3 Å². The first-order valence-electron chi connectivity index (χ1n) is 10.9. The van der Waals surface area contributed by atoms with Gasteiger partial charge in [-0.1, -0.05) is 50.6 Å². The minimum Gasteiger partial charge on any atom is -0.464 e. The van der Waals surface area contributed by atoms with Gasteiger partial charge in [-0.15, -0.1) is 0 Å². The first-order chi connectivity index (χ1) is 14.4. The Kier molecular flexibility index (Phi) is 4.51. The molecule has 1 fully saturated rings. The van der Waals surface area contributed by atoms with Crippen LogP contribution < -0.4 is 5.32 Å². The maximum atomic E-state index is 13.5. The molecule has 1 amide bonds. The average molecular weight is 404 g/mol. The third-order valence-corrected chi connectivity index (χ3v) is 7.69. The second-order valence-electron chi connectivity index (χ2n) is 9.57. The standard InChI is InChI=1S/C26H29NO3/c1-25-10-6-11-26(2,24(29)27-16-17-7-4-3-5-8-17)23(25)21(28)14-19-13-18-9-12-30-22(18)15-20(19)25/h3-5,7-9,12-13,15,21,23,28H,6,10-11,14,16H2,1-2H3,(H,27,29)/t21-,23-,25-,26-/m1/s1. The van der Waals surface area contributed by atoms with E-state index >= 15 is 0 Å². The highest BCUT2D eigenvalue weighted by Gasteiger charge is 2.58. The van der Waals surface area contributed by atoms with E-state index in [-0.39, 0.29) is 17.2 Å². The number of benzene rings is 2. The SMILES string of the molecule is C[C@@]1(C(=O)NCc2ccccc2)CCC[C@]2(C)c3cc4occc4cc3C[C@@H](O)[C@@H]12. The van der Waals surface area contributed by atoms with Crippen molar-refractivity contribution in [3.63, 3.8) is 0 Å². The molecule has 1 aromatic heterocycles. The molecular weight excluding hydrogens is 374 g/mol. The summed E-state index contributed by atoms with van der Waals surface area (Å²) in [5.74, 6) is -0.0849. The number of fused-ring (bicyclic) bond motifs is 4. The molecule has 5 rings (SSSR count). The van der Waals surface area contributed by atoms with Crippen LogP contribution in [0.15, 0.2) is 59.2 Å². The van der Waals surface area contributed by atoms with E-state index in [1.165, 1.54) is 11.1 Å². The van der Waals surface area contributed by atoms with Gasteiger partial charge in [0.05, 0.1) is 17.8 Å². The number of carbonyl (C=O) groups excluding carboxylic acids is 1. The van der Waals surface area contributed by atoms with Crippen LogP contribution in [-0.4, -0.2) is 17.1 Å². The van der Waals surface area contributed by atoms with Gasteiger partial charge < -0.3 is 14.8 Å². The molecule has 2 aromatic carbocycles. The van der Waals surface area contributed by atoms with Crippen molar-refractivity contribution in [3.05, 3.63) is 71.5 Å². The van der Waals surface area contributed by atoms with E-state index in [2.05, 4.69) is 31.3 Å². The lowest BCUT2D eigenvalue weighted by molar-refractivity contribution is -0.146. The van der Waals surface area contributed by atoms with Gasteiger partial charge in [0.15, 0.2) is 0 Å². The summed E-state index contributed by atoms with van der Waals surface area (Å²) < 4.78 is 5.68. The fraction of sp³-hybridized carbons (Fsp3) is 0.423. The summed E-state index contributed by atoms with van der Waals surface area (Å²) in [6.07, 6.45) is 4.48. The lowest BCUT2D eigenvalue weighted by atomic mass is 9.48. The number of furan rings is 1. The van der Waals surface area contributed by atoms with E-state index in [0.717, 1.165) is 35.8 Å². The fourth-order valence-electron chi connectivity index (χ4n) is 6.32. The predicted octanol–water partition coefficient (Wildman–Crippen LogP) is 4.73. The van der Waals surface area contributed by atoms with Crippen LogP contribution in [0.3, 0.4) is 0 Å². The molecule has 3 aromatic rings. The summed E-state index contributed by atoms with van der Waals surface area (Å²) in [5.41, 5.74) is 3.52. The lowest BCUT2D eigenvalue weighted by Crippen LogP contribution is -2.60. The second kappa shape index (κ2) is 6.98. The Balaban J connectivity index is 1.50. The Morgan fingerprint density at radius 2 is 1.97 bits per heavy atom. The number of rotatable bonds is 3. The largest absolute Gasteiger partial charge is 0.464 e. The summed E-state index contributed by atoms with van der Waals surface area (Å²) in [7, 11) is 0. The van der Waals surface area contributed by atoms with Gasteiger partial charge in [-0.2, -0.15) is 0 Å². The number of nitrogens with one attached hydrogen (secondary N) is 1. The zero-order valence-electron chi connectivity index (χ0n) is 17.7. The van der Waals surface area contributed by atoms with E-state index < -0.39 is 11.5 Å². The van der Waals surface area contributed by atoms with Gasteiger partial charge in [0, 0.05) is 17.8 Å². The summed E-state index contributed by atoms with van der Waals surface area (Å²) in [6, 6.07) is 16.3. The molecule has 2 N–H and O–H groups in total. The molecule has 0 radical (unpaired) electrons. The Bertz CT molecular complexity index is 1090. The van der Waals surface area contributed by atoms with Crippen molar-refractivity contribution in [2.45, 2.75) is 57.6 Å². The minimum atomic E-state index is -0.614. The van der Waals surface area contributed by atoms with Gasteiger partial charge in [0.1, 0.15) is 5.58 Å². The molecule has 0 aliphatic heterocycles. The molecule has 4 nitrogen and oxygen atoms in total. The van der Waals surface area contributed by atoms with Crippen LogP contribution in [0.5, 0.6) is 0 Å². The summed E-state index contributed by atoms with van der Waals surface area (Å²) in [6.45, 7) is 4.79. The van der Waals surface area contributed by atoms with Gasteiger partial charge in [0.2, 0.25) is 5.91 Å². The van der Waals surface area contributed by atoms with Crippen molar-refractivity contribution in [1.29, 1.82) is 0 Å². The summed E-state index contributed by atoms with van der Waals surface area (Å²) >= 11 is 0. The number of carbonyl (C=O) groups is 1. The van der Waals surface area contributed by atoms with Crippen molar-refractivity contribution in [3.8, 4) is 0 Å². The van der Waals surface area contributed by atoms with Crippen molar-refractivity contribution < 1.29 is 14.3 Å². The molecule has 4 atom stereocenters. The van der Waals surface area contributed by atoms with Gasteiger partial charge >= 0.3 is 0 Å². The van der Waals surface area contributed by atoms with Crippen molar-refractivity contribution in [2.75, 3.05) is 0 Å². The lowest BCUT2D eigenvalue weighted by Gasteiger charge is -2.56. The molecule has 0 bridgehead atoms. The Hall–Kier alpha value is -2.59. The minimum absolute atomic E-state index is 0.0452. The summed E-state index contributed by atoms with van der Waals surface area (Å²) in [5, 5.41) is 15.5. The first-order valence-corrected chi connectivity index (χ1v) is 10.9. The molecule has 2 aliphatic carbocycles. The van der Waals surface area contributed by atoms with E-state index in [1.807, 2.05) is 36.4 Å². The van der Waals surface area contributed by atoms with Crippen LogP contribution in [0.4, 0.5) is 0 Å². The third kappa shape index (κ3) is 2.89. The molecule has 0 unspecified atom stereocenters. The second-order valence-corrected chi connectivity index (χ2v) is 9.57. The molecule has 30 heavy (non-hydrogen) atoms. The highest BCUT2D eigenvalue weighted by Crippen LogP contribution is 2.57. The zero-order valence-corrected chi connectivity index (χ0v) is 17.7. The van der Waals surface area contributed by atoms with E-state index in [1.54, 1.807) is 6.26 Å². The maximum Gasteiger partial charge on any atom is 0.226 e. The molecule has 156 valence electrons. The number of hydrogen-bond acceptors (Lipinski definition) is 3. The maximum absolute atomic E-state index is 13.5. The molecular formula is C26H29NO3. The van der Waals surface area contributed by atoms with E-state index in [4.69, 9.17) is 4.42 Å². The fourth-order valence-corrected chi connectivity index (χ4v) is 6.32. The highest BCUT2D eigenvalue weighted by molar-refractivity contribution is 5.84. The molecule has 1 heterocycles. The van der Waals surface area contributed by atoms with Crippen LogP contribution in [0.1, 0.15) is 49.8 Å². The molecule has 2 aliphatic rings. The number of aliphatic hydroxyl groups excluding tert-OH is 1. The van der Waals surface area contributed by atoms with Crippen LogP contribution in [0.2, 0.25) is 0 Å². The van der Waals surface area contributed by atoms with Gasteiger partial charge in [0.25, 0.3) is 0 Å². The summed E-state index contributed by atoms with van der Waals surface area (Å²) in [4.78, 5) is 13.5. The monoisotopic (exact) mass is 403 g/mol. The van der Waals surface area contributed by atoms with E-state index in [9.17, 15) is 9.90 Å². The zero-order chi connectivity index (χ0) is 20.9. The number of aliphatic hydroxyl groups is 1. The van der Waals surface area contributed by atoms with Crippen molar-refractivity contribution in [2.24, 2.45) is 11.3 Å². The van der Waals surface area contributed by atoms with Gasteiger partial charge in [-0.05, 0) is 59.6 Å². The normalized spacial score (nSPS) is 30.5. The van der Waals surface area contributed by atoms with Crippen molar-refractivity contribution in [1.82, 2.24) is 5.32 Å². The third-order valence-electron chi connectivity index (χ3n) is 7.69. The molecule has 1 saturated carbocycles. The number of hydrogen-bond donors (Lipinski definition) is 2. The van der Waals surface area contributed by atoms with Crippen LogP contribution >= 0.6 is 0 Å². The molecule has 0 spiro atoms. The quantitative estimate of drug-likeness (QED) is 0.665. The highest BCUT2D eigenvalue weighted by atomic mass is 16.3. The Morgan fingerprint density at radius 3 is 2.77 bits per heavy atom. The predicted molar refractivity (Wildman–Crippen MR) is 117 cm³/mol. The van der Waals surface area contributed by atoms with Crippen LogP contribution in [-0.2, 0) is 23.2 Å². The van der Waals surface area contributed by atoms with Crippen LogP contribution in [0.25, 0.3) is 11.0 Å². The Morgan fingerprint density at radius 1 is 1.17 bits per heavy atom. The van der Waals surface area contributed by atoms with E-state index in [0.29, 0.717) is 13.0 Å². The number of amides is 1. The average Bonchev–Trinajstić information content (AvgIpc) is 3.19.